The van der Waals surface area contributed by atoms with Crippen molar-refractivity contribution in [2.45, 2.75) is 13.8 Å². The lowest BCUT2D eigenvalue weighted by atomic mass is 10.1. The molecule has 9 heteroatoms. The topological polar surface area (TPSA) is 94.7 Å². The second kappa shape index (κ2) is 8.28. The van der Waals surface area contributed by atoms with Gasteiger partial charge >= 0.3 is 6.09 Å². The maximum absolute atomic E-state index is 13.5. The third-order valence-electron chi connectivity index (χ3n) is 4.73. The molecule has 1 aliphatic rings. The van der Waals surface area contributed by atoms with Crippen molar-refractivity contribution >= 4 is 28.8 Å². The first-order chi connectivity index (χ1) is 13.4. The fourth-order valence-electron chi connectivity index (χ4n) is 3.30. The molecule has 2 aromatic rings. The second-order valence-corrected chi connectivity index (χ2v) is 6.56. The number of carbonyl (C=O) groups is 3. The fourth-order valence-corrected chi connectivity index (χ4v) is 3.30. The van der Waals surface area contributed by atoms with Gasteiger partial charge in [-0.1, -0.05) is 0 Å². The minimum absolute atomic E-state index is 0.167. The van der Waals surface area contributed by atoms with Crippen molar-refractivity contribution < 1.29 is 23.5 Å². The highest BCUT2D eigenvalue weighted by Crippen LogP contribution is 2.23. The lowest BCUT2D eigenvalue weighted by molar-refractivity contribution is -0.131. The van der Waals surface area contributed by atoms with Gasteiger partial charge in [0.2, 0.25) is 5.91 Å². The molecule has 28 heavy (non-hydrogen) atoms. The van der Waals surface area contributed by atoms with E-state index in [1.54, 1.807) is 29.7 Å². The van der Waals surface area contributed by atoms with Crippen molar-refractivity contribution in [3.63, 3.8) is 0 Å². The average Bonchev–Trinajstić information content (AvgIpc) is 3.01. The highest BCUT2D eigenvalue weighted by atomic mass is 19.1. The Hall–Kier alpha value is -3.10. The molecule has 0 radical (unpaired) electrons. The van der Waals surface area contributed by atoms with Crippen LogP contribution in [0, 0.1) is 12.7 Å². The standard InChI is InChI=1S/C19H23FN4O4/c1-3-28-19(27)24-8-6-23(7-9-24)16(25)11-21-18(26)17-12(2)22-15-5-4-13(20)10-14(15)17/h4-5,10,22H,3,6-9,11H2,1-2H3,(H,21,26). The summed E-state index contributed by atoms with van der Waals surface area (Å²) in [7, 11) is 0. The summed E-state index contributed by atoms with van der Waals surface area (Å²) in [5.41, 5.74) is 1.59. The quantitative estimate of drug-likeness (QED) is 0.830. The number of aromatic amines is 1. The molecule has 1 fully saturated rings. The highest BCUT2D eigenvalue weighted by Gasteiger charge is 2.25. The Morgan fingerprint density at radius 2 is 1.86 bits per heavy atom. The molecule has 0 bridgehead atoms. The minimum atomic E-state index is -0.437. The zero-order valence-electron chi connectivity index (χ0n) is 15.9. The number of fused-ring (bicyclic) bond motifs is 1. The molecule has 0 unspecified atom stereocenters. The molecule has 3 amide bonds. The molecule has 1 saturated heterocycles. The van der Waals surface area contributed by atoms with Crippen LogP contribution in [0.4, 0.5) is 9.18 Å². The van der Waals surface area contributed by atoms with Crippen molar-refractivity contribution in [2.24, 2.45) is 0 Å². The third kappa shape index (κ3) is 4.08. The molecule has 150 valence electrons. The number of rotatable bonds is 4. The van der Waals surface area contributed by atoms with Gasteiger partial charge < -0.3 is 24.8 Å². The number of nitrogens with one attached hydrogen (secondary N) is 2. The van der Waals surface area contributed by atoms with E-state index >= 15 is 0 Å². The van der Waals surface area contributed by atoms with E-state index in [1.807, 2.05) is 0 Å². The molecule has 1 aromatic carbocycles. The number of carbonyl (C=O) groups excluding carboxylic acids is 3. The Labute approximate surface area is 161 Å². The van der Waals surface area contributed by atoms with E-state index in [-0.39, 0.29) is 18.5 Å². The summed E-state index contributed by atoms with van der Waals surface area (Å²) >= 11 is 0. The molecule has 1 aromatic heterocycles. The molecule has 8 nitrogen and oxygen atoms in total. The fraction of sp³-hybridized carbons (Fsp3) is 0.421. The molecule has 3 rings (SSSR count). The van der Waals surface area contributed by atoms with Crippen LogP contribution in [0.5, 0.6) is 0 Å². The van der Waals surface area contributed by atoms with Crippen LogP contribution in [0.2, 0.25) is 0 Å². The van der Waals surface area contributed by atoms with Crippen molar-refractivity contribution in [2.75, 3.05) is 39.3 Å². The lowest BCUT2D eigenvalue weighted by Gasteiger charge is -2.34. The van der Waals surface area contributed by atoms with Gasteiger partial charge in [0, 0.05) is 42.8 Å². The normalized spacial score (nSPS) is 14.2. The van der Waals surface area contributed by atoms with E-state index in [4.69, 9.17) is 4.74 Å². The summed E-state index contributed by atoms with van der Waals surface area (Å²) in [5.74, 6) is -1.11. The Morgan fingerprint density at radius 1 is 1.18 bits per heavy atom. The van der Waals surface area contributed by atoms with Crippen molar-refractivity contribution in [1.29, 1.82) is 0 Å². The molecular formula is C19H23FN4O4. The Morgan fingerprint density at radius 3 is 2.54 bits per heavy atom. The minimum Gasteiger partial charge on any atom is -0.450 e. The third-order valence-corrected chi connectivity index (χ3v) is 4.73. The molecule has 0 saturated carbocycles. The summed E-state index contributed by atoms with van der Waals surface area (Å²) in [5, 5.41) is 3.09. The van der Waals surface area contributed by atoms with Crippen LogP contribution in [0.1, 0.15) is 23.0 Å². The largest absolute Gasteiger partial charge is 0.450 e. The predicted octanol–water partition coefficient (Wildman–Crippen LogP) is 1.65. The van der Waals surface area contributed by atoms with Crippen LogP contribution in [0.3, 0.4) is 0 Å². The number of aryl methyl sites for hydroxylation is 1. The molecule has 2 heterocycles. The van der Waals surface area contributed by atoms with Gasteiger partial charge in [-0.2, -0.15) is 0 Å². The van der Waals surface area contributed by atoms with Gasteiger partial charge in [-0.3, -0.25) is 9.59 Å². The molecule has 0 atom stereocenters. The van der Waals surface area contributed by atoms with Crippen LogP contribution in [-0.2, 0) is 9.53 Å². The summed E-state index contributed by atoms with van der Waals surface area (Å²) in [6.07, 6.45) is -0.384. The number of hydrogen-bond acceptors (Lipinski definition) is 4. The van der Waals surface area contributed by atoms with E-state index in [0.29, 0.717) is 54.9 Å². The first-order valence-corrected chi connectivity index (χ1v) is 9.16. The molecule has 0 spiro atoms. The van der Waals surface area contributed by atoms with Gasteiger partial charge in [-0.15, -0.1) is 0 Å². The maximum atomic E-state index is 13.5. The smallest absolute Gasteiger partial charge is 0.409 e. The van der Waals surface area contributed by atoms with Crippen molar-refractivity contribution in [3.05, 3.63) is 35.3 Å². The zero-order valence-corrected chi connectivity index (χ0v) is 15.9. The van der Waals surface area contributed by atoms with Gasteiger partial charge in [-0.05, 0) is 32.0 Å². The van der Waals surface area contributed by atoms with Crippen LogP contribution in [0.15, 0.2) is 18.2 Å². The van der Waals surface area contributed by atoms with Crippen LogP contribution in [0.25, 0.3) is 10.9 Å². The summed E-state index contributed by atoms with van der Waals surface area (Å²) < 4.78 is 18.5. The number of amides is 3. The van der Waals surface area contributed by atoms with E-state index in [2.05, 4.69) is 10.3 Å². The van der Waals surface area contributed by atoms with Gasteiger partial charge in [0.25, 0.3) is 5.91 Å². The molecular weight excluding hydrogens is 367 g/mol. The summed E-state index contributed by atoms with van der Waals surface area (Å²) in [6.45, 7) is 5.14. The monoisotopic (exact) mass is 390 g/mol. The summed E-state index contributed by atoms with van der Waals surface area (Å²) in [4.78, 5) is 42.8. The van der Waals surface area contributed by atoms with E-state index < -0.39 is 11.7 Å². The van der Waals surface area contributed by atoms with E-state index in [9.17, 15) is 18.8 Å². The van der Waals surface area contributed by atoms with Crippen LogP contribution in [-0.4, -0.2) is 72.0 Å². The Kier molecular flexibility index (Phi) is 5.81. The number of nitrogens with zero attached hydrogens (tertiary/aromatic N) is 2. The number of hydrogen-bond donors (Lipinski definition) is 2. The van der Waals surface area contributed by atoms with Crippen molar-refractivity contribution in [3.8, 4) is 0 Å². The van der Waals surface area contributed by atoms with E-state index in [0.717, 1.165) is 0 Å². The van der Waals surface area contributed by atoms with Crippen molar-refractivity contribution in [1.82, 2.24) is 20.1 Å². The first kappa shape index (κ1) is 19.7. The number of H-pyrrole nitrogens is 1. The maximum Gasteiger partial charge on any atom is 0.409 e. The van der Waals surface area contributed by atoms with Gasteiger partial charge in [0.1, 0.15) is 5.82 Å². The van der Waals surface area contributed by atoms with Crippen LogP contribution >= 0.6 is 0 Å². The predicted molar refractivity (Wildman–Crippen MR) is 101 cm³/mol. The number of piperazine rings is 1. The van der Waals surface area contributed by atoms with E-state index in [1.165, 1.54) is 12.1 Å². The SMILES string of the molecule is CCOC(=O)N1CCN(C(=O)CNC(=O)c2c(C)[nH]c3ccc(F)cc23)CC1. The molecule has 0 aliphatic carbocycles. The lowest BCUT2D eigenvalue weighted by Crippen LogP contribution is -2.52. The Balaban J connectivity index is 1.57. The van der Waals surface area contributed by atoms with Gasteiger partial charge in [0.05, 0.1) is 18.7 Å². The average molecular weight is 390 g/mol. The van der Waals surface area contributed by atoms with Gasteiger partial charge in [0.15, 0.2) is 0 Å². The highest BCUT2D eigenvalue weighted by molar-refractivity contribution is 6.08. The van der Waals surface area contributed by atoms with Crippen LogP contribution < -0.4 is 5.32 Å². The summed E-state index contributed by atoms with van der Waals surface area (Å²) in [6, 6.07) is 4.19. The molecule has 2 N–H and O–H groups in total. The number of aromatic nitrogens is 1. The Bertz CT molecular complexity index is 903. The number of halogens is 1. The number of ether oxygens (including phenoxy) is 1. The number of benzene rings is 1. The first-order valence-electron chi connectivity index (χ1n) is 9.16. The molecule has 1 aliphatic heterocycles. The second-order valence-electron chi connectivity index (χ2n) is 6.56. The zero-order chi connectivity index (χ0) is 20.3. The van der Waals surface area contributed by atoms with Gasteiger partial charge in [-0.25, -0.2) is 9.18 Å².